The van der Waals surface area contributed by atoms with E-state index in [-0.39, 0.29) is 36.4 Å². The van der Waals surface area contributed by atoms with E-state index in [0.717, 1.165) is 17.3 Å². The van der Waals surface area contributed by atoms with Crippen LogP contribution < -0.4 is 10.6 Å². The summed E-state index contributed by atoms with van der Waals surface area (Å²) in [5.41, 5.74) is 0.694. The number of amides is 1. The summed E-state index contributed by atoms with van der Waals surface area (Å²) < 4.78 is 61.1. The predicted molar refractivity (Wildman–Crippen MR) is 132 cm³/mol. The Morgan fingerprint density at radius 1 is 1.05 bits per heavy atom. The SMILES string of the molecule is O=C(Cc1ccc(-c2cnc(Nc3cnn4ccccc34)nc2)cc1F)Nc1cc(C2(C(F)(F)F)CC2)on1. The van der Waals surface area contributed by atoms with E-state index in [9.17, 15) is 22.4 Å². The number of fused-ring (bicyclic) bond motifs is 1. The monoisotopic (exact) mass is 537 g/mol. The van der Waals surface area contributed by atoms with Gasteiger partial charge in [0.15, 0.2) is 11.6 Å². The van der Waals surface area contributed by atoms with Crippen molar-refractivity contribution in [3.8, 4) is 11.1 Å². The van der Waals surface area contributed by atoms with E-state index in [1.807, 2.05) is 24.4 Å². The third-order valence-corrected chi connectivity index (χ3v) is 6.60. The van der Waals surface area contributed by atoms with Crippen LogP contribution in [0.1, 0.15) is 24.2 Å². The number of hydrogen-bond donors (Lipinski definition) is 2. The molecule has 1 aliphatic rings. The van der Waals surface area contributed by atoms with Crippen LogP contribution in [0.2, 0.25) is 0 Å². The zero-order valence-corrected chi connectivity index (χ0v) is 20.0. The molecule has 0 spiro atoms. The number of nitrogens with zero attached hydrogens (tertiary/aromatic N) is 5. The first kappa shape index (κ1) is 24.5. The fourth-order valence-corrected chi connectivity index (χ4v) is 4.28. The van der Waals surface area contributed by atoms with Gasteiger partial charge in [0.25, 0.3) is 0 Å². The molecule has 198 valence electrons. The largest absolute Gasteiger partial charge is 0.401 e. The lowest BCUT2D eigenvalue weighted by molar-refractivity contribution is -0.165. The van der Waals surface area contributed by atoms with Gasteiger partial charge in [-0.15, -0.1) is 0 Å². The number of benzene rings is 1. The summed E-state index contributed by atoms with van der Waals surface area (Å²) in [4.78, 5) is 21.0. The summed E-state index contributed by atoms with van der Waals surface area (Å²) in [7, 11) is 0. The molecule has 9 nitrogen and oxygen atoms in total. The van der Waals surface area contributed by atoms with E-state index in [0.29, 0.717) is 17.1 Å². The summed E-state index contributed by atoms with van der Waals surface area (Å²) in [5, 5.41) is 13.2. The molecule has 6 rings (SSSR count). The summed E-state index contributed by atoms with van der Waals surface area (Å²) >= 11 is 0. The number of nitrogens with one attached hydrogen (secondary N) is 2. The number of pyridine rings is 1. The molecule has 1 fully saturated rings. The topological polar surface area (TPSA) is 110 Å². The van der Waals surface area contributed by atoms with Crippen LogP contribution in [0.5, 0.6) is 0 Å². The van der Waals surface area contributed by atoms with Crippen molar-refractivity contribution in [3.63, 3.8) is 0 Å². The van der Waals surface area contributed by atoms with Gasteiger partial charge in [0.05, 0.1) is 23.8 Å². The Hall–Kier alpha value is -4.81. The van der Waals surface area contributed by atoms with E-state index in [4.69, 9.17) is 4.52 Å². The quantitative estimate of drug-likeness (QED) is 0.266. The smallest absolute Gasteiger partial charge is 0.358 e. The molecule has 4 aromatic heterocycles. The van der Waals surface area contributed by atoms with E-state index in [2.05, 4.69) is 30.9 Å². The van der Waals surface area contributed by atoms with Crippen molar-refractivity contribution >= 4 is 28.9 Å². The Balaban J connectivity index is 1.10. The van der Waals surface area contributed by atoms with Gasteiger partial charge in [0.2, 0.25) is 11.9 Å². The molecular weight excluding hydrogens is 518 g/mol. The molecule has 0 radical (unpaired) electrons. The molecule has 1 saturated carbocycles. The second kappa shape index (κ2) is 9.19. The maximum absolute atomic E-state index is 14.8. The number of rotatable bonds is 7. The van der Waals surface area contributed by atoms with Crippen LogP contribution in [-0.4, -0.2) is 36.8 Å². The number of hydrogen-bond acceptors (Lipinski definition) is 7. The minimum Gasteiger partial charge on any atom is -0.358 e. The first-order chi connectivity index (χ1) is 18.7. The van der Waals surface area contributed by atoms with Crippen molar-refractivity contribution in [1.29, 1.82) is 0 Å². The molecule has 0 aliphatic heterocycles. The number of alkyl halides is 3. The standard InChI is InChI=1S/C26H19F4N7O2/c27-18-9-15(17-12-31-24(32-13-17)34-19-14-33-37-8-2-1-3-20(19)37)4-5-16(18)10-23(38)35-22-11-21(39-36-22)25(6-7-25)26(28,29)30/h1-5,8-9,11-14H,6-7,10H2,(H,31,32,34)(H,35,36,38). The van der Waals surface area contributed by atoms with Gasteiger partial charge in [-0.2, -0.15) is 18.3 Å². The Morgan fingerprint density at radius 3 is 2.56 bits per heavy atom. The van der Waals surface area contributed by atoms with Gasteiger partial charge in [-0.25, -0.2) is 18.9 Å². The Bertz CT molecular complexity index is 1670. The third-order valence-electron chi connectivity index (χ3n) is 6.60. The van der Waals surface area contributed by atoms with E-state index >= 15 is 0 Å². The molecular formula is C26H19F4N7O2. The summed E-state index contributed by atoms with van der Waals surface area (Å²) in [6.45, 7) is 0. The van der Waals surface area contributed by atoms with Crippen molar-refractivity contribution in [1.82, 2.24) is 24.7 Å². The lowest BCUT2D eigenvalue weighted by Crippen LogP contribution is -2.28. The highest BCUT2D eigenvalue weighted by atomic mass is 19.4. The fraction of sp³-hybridized carbons (Fsp3) is 0.192. The second-order valence-corrected chi connectivity index (χ2v) is 9.20. The number of anilines is 3. The minimum absolute atomic E-state index is 0.0943. The summed E-state index contributed by atoms with van der Waals surface area (Å²) in [6.07, 6.45) is 1.55. The molecule has 0 bridgehead atoms. The zero-order valence-electron chi connectivity index (χ0n) is 20.0. The number of carbonyl (C=O) groups excluding carboxylic acids is 1. The van der Waals surface area contributed by atoms with Crippen molar-refractivity contribution in [3.05, 3.63) is 84.4 Å². The summed E-state index contributed by atoms with van der Waals surface area (Å²) in [6, 6.07) is 11.0. The van der Waals surface area contributed by atoms with Crippen LogP contribution in [0.4, 0.5) is 35.0 Å². The molecule has 1 amide bonds. The molecule has 13 heteroatoms. The van der Waals surface area contributed by atoms with Gasteiger partial charge in [-0.05, 0) is 42.2 Å². The Morgan fingerprint density at radius 2 is 1.85 bits per heavy atom. The first-order valence-corrected chi connectivity index (χ1v) is 11.9. The maximum atomic E-state index is 14.8. The third kappa shape index (κ3) is 4.67. The van der Waals surface area contributed by atoms with Gasteiger partial charge >= 0.3 is 6.18 Å². The Labute approximate surface area is 217 Å². The van der Waals surface area contributed by atoms with E-state index in [1.165, 1.54) is 24.5 Å². The minimum atomic E-state index is -4.46. The van der Waals surface area contributed by atoms with Gasteiger partial charge in [-0.1, -0.05) is 23.4 Å². The molecule has 4 heterocycles. The van der Waals surface area contributed by atoms with Crippen LogP contribution in [0, 0.1) is 5.82 Å². The highest BCUT2D eigenvalue weighted by Crippen LogP contribution is 2.59. The normalized spacial score (nSPS) is 14.4. The van der Waals surface area contributed by atoms with Crippen LogP contribution >= 0.6 is 0 Å². The number of halogens is 4. The molecule has 0 saturated heterocycles. The molecule has 2 N–H and O–H groups in total. The van der Waals surface area contributed by atoms with Crippen LogP contribution in [0.3, 0.4) is 0 Å². The van der Waals surface area contributed by atoms with Crippen molar-refractivity contribution in [2.45, 2.75) is 30.9 Å². The number of aromatic nitrogens is 5. The van der Waals surface area contributed by atoms with Gasteiger partial charge in [-0.3, -0.25) is 4.79 Å². The van der Waals surface area contributed by atoms with Crippen LogP contribution in [0.25, 0.3) is 16.6 Å². The fourth-order valence-electron chi connectivity index (χ4n) is 4.28. The molecule has 1 aromatic carbocycles. The average Bonchev–Trinajstić information content (AvgIpc) is 3.46. The van der Waals surface area contributed by atoms with Gasteiger partial charge < -0.3 is 15.2 Å². The van der Waals surface area contributed by atoms with Gasteiger partial charge in [0, 0.05) is 30.2 Å². The number of carbonyl (C=O) groups is 1. The van der Waals surface area contributed by atoms with Crippen molar-refractivity contribution in [2.75, 3.05) is 10.6 Å². The van der Waals surface area contributed by atoms with Crippen LogP contribution in [0.15, 0.2) is 71.8 Å². The molecule has 1 aliphatic carbocycles. The summed E-state index contributed by atoms with van der Waals surface area (Å²) in [5.74, 6) is -1.44. The molecule has 39 heavy (non-hydrogen) atoms. The zero-order chi connectivity index (χ0) is 27.2. The molecule has 0 unspecified atom stereocenters. The maximum Gasteiger partial charge on any atom is 0.401 e. The Kier molecular flexibility index (Phi) is 5.78. The van der Waals surface area contributed by atoms with Crippen molar-refractivity contribution in [2.24, 2.45) is 0 Å². The van der Waals surface area contributed by atoms with Crippen LogP contribution in [-0.2, 0) is 16.6 Å². The average molecular weight is 537 g/mol. The molecule has 0 atom stereocenters. The lowest BCUT2D eigenvalue weighted by Gasteiger charge is -2.14. The van der Waals surface area contributed by atoms with E-state index < -0.39 is 23.3 Å². The highest BCUT2D eigenvalue weighted by molar-refractivity contribution is 5.91. The molecule has 5 aromatic rings. The predicted octanol–water partition coefficient (Wildman–Crippen LogP) is 5.44. The highest BCUT2D eigenvalue weighted by Gasteiger charge is 2.66. The first-order valence-electron chi connectivity index (χ1n) is 11.9. The second-order valence-electron chi connectivity index (χ2n) is 9.20. The lowest BCUT2D eigenvalue weighted by atomic mass is 10.0. The van der Waals surface area contributed by atoms with Crippen molar-refractivity contribution < 1.29 is 26.9 Å². The van der Waals surface area contributed by atoms with Gasteiger partial charge in [0.1, 0.15) is 11.2 Å². The van der Waals surface area contributed by atoms with E-state index in [1.54, 1.807) is 16.8 Å².